The Hall–Kier alpha value is -4.45. The van der Waals surface area contributed by atoms with E-state index in [0.29, 0.717) is 12.8 Å². The molecule has 0 aliphatic rings. The second-order valence-electron chi connectivity index (χ2n) is 15.3. The van der Waals surface area contributed by atoms with Crippen LogP contribution < -0.4 is 0 Å². The summed E-state index contributed by atoms with van der Waals surface area (Å²) in [4.78, 5) is 37.9. The average Bonchev–Trinajstić information content (AvgIpc) is 3.27. The van der Waals surface area contributed by atoms with Crippen LogP contribution in [-0.4, -0.2) is 37.2 Å². The molecule has 0 bridgehead atoms. The van der Waals surface area contributed by atoms with Crippen molar-refractivity contribution in [1.29, 1.82) is 0 Å². The van der Waals surface area contributed by atoms with Gasteiger partial charge in [0.15, 0.2) is 6.10 Å². The zero-order valence-corrected chi connectivity index (χ0v) is 39.3. The van der Waals surface area contributed by atoms with Crippen LogP contribution in [0.15, 0.2) is 134 Å². The van der Waals surface area contributed by atoms with Gasteiger partial charge in [-0.3, -0.25) is 14.4 Å². The molecule has 0 amide bonds. The van der Waals surface area contributed by atoms with Gasteiger partial charge in [-0.2, -0.15) is 0 Å². The third-order valence-corrected chi connectivity index (χ3v) is 9.46. The van der Waals surface area contributed by atoms with Crippen LogP contribution in [0.5, 0.6) is 0 Å². The van der Waals surface area contributed by atoms with Crippen molar-refractivity contribution in [2.24, 2.45) is 0 Å². The Morgan fingerprint density at radius 2 is 0.726 bits per heavy atom. The average molecular weight is 855 g/mol. The molecule has 0 aromatic heterocycles. The van der Waals surface area contributed by atoms with E-state index in [-0.39, 0.29) is 44.0 Å². The predicted octanol–water partition coefficient (Wildman–Crippen LogP) is 15.9. The Morgan fingerprint density at radius 1 is 0.355 bits per heavy atom. The van der Waals surface area contributed by atoms with Crippen LogP contribution in [0.4, 0.5) is 0 Å². The van der Waals surface area contributed by atoms with E-state index in [9.17, 15) is 14.4 Å². The number of carbonyl (C=O) groups excluding carboxylic acids is 3. The number of hydrogen-bond acceptors (Lipinski definition) is 6. The normalized spacial score (nSPS) is 13.3. The Bertz CT molecular complexity index is 1400. The van der Waals surface area contributed by atoms with Crippen molar-refractivity contribution < 1.29 is 28.6 Å². The van der Waals surface area contributed by atoms with E-state index in [1.165, 1.54) is 25.7 Å². The fourth-order valence-electron chi connectivity index (χ4n) is 5.87. The molecule has 62 heavy (non-hydrogen) atoms. The second-order valence-corrected chi connectivity index (χ2v) is 15.3. The quantitative estimate of drug-likeness (QED) is 0.0200. The smallest absolute Gasteiger partial charge is 0.306 e. The Balaban J connectivity index is 4.60. The number of hydrogen-bond donors (Lipinski definition) is 0. The van der Waals surface area contributed by atoms with Gasteiger partial charge in [0.25, 0.3) is 0 Å². The van der Waals surface area contributed by atoms with E-state index in [4.69, 9.17) is 14.2 Å². The highest BCUT2D eigenvalue weighted by molar-refractivity contribution is 5.71. The van der Waals surface area contributed by atoms with Crippen molar-refractivity contribution >= 4 is 17.9 Å². The molecule has 0 rings (SSSR count). The number of carbonyl (C=O) groups is 3. The first-order valence-electron chi connectivity index (χ1n) is 24.2. The van der Waals surface area contributed by atoms with Gasteiger partial charge in [-0.1, -0.05) is 187 Å². The number of allylic oxidation sites excluding steroid dienone is 22. The summed E-state index contributed by atoms with van der Waals surface area (Å²) in [7, 11) is 0. The first-order chi connectivity index (χ1) is 30.5. The minimum absolute atomic E-state index is 0.130. The maximum absolute atomic E-state index is 12.8. The lowest BCUT2D eigenvalue weighted by Crippen LogP contribution is -2.30. The molecule has 1 unspecified atom stereocenters. The number of rotatable bonds is 41. The van der Waals surface area contributed by atoms with E-state index in [2.05, 4.69) is 118 Å². The summed E-state index contributed by atoms with van der Waals surface area (Å²) in [6.07, 6.45) is 68.7. The molecule has 346 valence electrons. The van der Waals surface area contributed by atoms with Crippen molar-refractivity contribution in [3.63, 3.8) is 0 Å². The number of esters is 3. The van der Waals surface area contributed by atoms with Gasteiger partial charge in [0.1, 0.15) is 13.2 Å². The molecule has 1 atom stereocenters. The maximum atomic E-state index is 12.8. The highest BCUT2D eigenvalue weighted by Gasteiger charge is 2.19. The van der Waals surface area contributed by atoms with Crippen LogP contribution in [0.25, 0.3) is 0 Å². The lowest BCUT2D eigenvalue weighted by molar-refractivity contribution is -0.167. The van der Waals surface area contributed by atoms with Crippen LogP contribution >= 0.6 is 0 Å². The molecule has 0 aliphatic carbocycles. The van der Waals surface area contributed by atoms with E-state index in [0.717, 1.165) is 109 Å². The largest absolute Gasteiger partial charge is 0.462 e. The SMILES string of the molecule is CC\C=C/C=C\C=C/C=C\CCCCCC(=O)OCC(COC(=O)CCC/C=C\C/C=C\C/C=C\C/C=C\CCCCC)OC(=O)CCCCCC/C=C\C/C=C\C/C=C\CC. The highest BCUT2D eigenvalue weighted by atomic mass is 16.6. The zero-order valence-electron chi connectivity index (χ0n) is 39.3. The Morgan fingerprint density at radius 3 is 1.24 bits per heavy atom. The number of unbranched alkanes of at least 4 members (excludes halogenated alkanes) is 11. The summed E-state index contributed by atoms with van der Waals surface area (Å²) in [6, 6.07) is 0. The first-order valence-corrected chi connectivity index (χ1v) is 24.2. The molecule has 0 saturated heterocycles. The van der Waals surface area contributed by atoms with Crippen molar-refractivity contribution in [3.05, 3.63) is 134 Å². The standard InChI is InChI=1S/C56H86O6/c1-4-7-10-13-16-19-22-25-27-28-29-32-34-37-40-43-46-49-55(58)61-52-53(51-60-54(57)48-45-42-39-36-33-30-24-21-18-15-12-9-6-3)62-56(59)50-47-44-41-38-35-31-26-23-20-17-14-11-8-5-2/h8-9,11-12,15-21,24-27,29-33,37,40,53H,4-7,10,13-14,22-23,28,34-36,38-39,41-52H2,1-3H3/b11-8-,12-9-,18-15-,19-16-,20-17-,24-21-,27-25-,31-26-,32-29-,33-30-,40-37-. The van der Waals surface area contributed by atoms with E-state index in [1.54, 1.807) is 0 Å². The summed E-state index contributed by atoms with van der Waals surface area (Å²) in [6.45, 7) is 6.22. The van der Waals surface area contributed by atoms with E-state index in [1.807, 2.05) is 36.5 Å². The highest BCUT2D eigenvalue weighted by Crippen LogP contribution is 2.11. The monoisotopic (exact) mass is 855 g/mol. The lowest BCUT2D eigenvalue weighted by Gasteiger charge is -2.18. The molecule has 0 aromatic rings. The molecule has 0 N–H and O–H groups in total. The van der Waals surface area contributed by atoms with Gasteiger partial charge in [-0.25, -0.2) is 0 Å². The summed E-state index contributed by atoms with van der Waals surface area (Å²) >= 11 is 0. The van der Waals surface area contributed by atoms with Gasteiger partial charge in [0.05, 0.1) is 0 Å². The molecule has 0 fully saturated rings. The van der Waals surface area contributed by atoms with Crippen molar-refractivity contribution in [3.8, 4) is 0 Å². The summed E-state index contributed by atoms with van der Waals surface area (Å²) < 4.78 is 16.6. The molecule has 0 saturated carbocycles. The third-order valence-electron chi connectivity index (χ3n) is 9.46. The van der Waals surface area contributed by atoms with Gasteiger partial charge in [0, 0.05) is 19.3 Å². The predicted molar refractivity (Wildman–Crippen MR) is 265 cm³/mol. The lowest BCUT2D eigenvalue weighted by atomic mass is 10.1. The van der Waals surface area contributed by atoms with Crippen molar-refractivity contribution in [2.45, 2.75) is 187 Å². The topological polar surface area (TPSA) is 78.9 Å². The van der Waals surface area contributed by atoms with Crippen LogP contribution in [0.1, 0.15) is 181 Å². The van der Waals surface area contributed by atoms with Crippen LogP contribution in [0.2, 0.25) is 0 Å². The number of ether oxygens (including phenoxy) is 3. The van der Waals surface area contributed by atoms with E-state index >= 15 is 0 Å². The first kappa shape index (κ1) is 57.5. The van der Waals surface area contributed by atoms with Gasteiger partial charge >= 0.3 is 17.9 Å². The van der Waals surface area contributed by atoms with Crippen LogP contribution in [-0.2, 0) is 28.6 Å². The third kappa shape index (κ3) is 46.6. The van der Waals surface area contributed by atoms with Crippen molar-refractivity contribution in [2.75, 3.05) is 13.2 Å². The van der Waals surface area contributed by atoms with Gasteiger partial charge in [-0.15, -0.1) is 0 Å². The molecule has 0 radical (unpaired) electrons. The minimum atomic E-state index is -0.832. The molecule has 0 aliphatic heterocycles. The Kier molecular flexibility index (Phi) is 45.7. The van der Waals surface area contributed by atoms with E-state index < -0.39 is 6.10 Å². The summed E-state index contributed by atoms with van der Waals surface area (Å²) in [5, 5.41) is 0. The van der Waals surface area contributed by atoms with Crippen molar-refractivity contribution in [1.82, 2.24) is 0 Å². The van der Waals surface area contributed by atoms with Gasteiger partial charge in [0.2, 0.25) is 0 Å². The summed E-state index contributed by atoms with van der Waals surface area (Å²) in [5.74, 6) is -1.06. The fraction of sp³-hybridized carbons (Fsp3) is 0.554. The fourth-order valence-corrected chi connectivity index (χ4v) is 5.87. The zero-order chi connectivity index (χ0) is 45.1. The molecular weight excluding hydrogens is 769 g/mol. The summed E-state index contributed by atoms with van der Waals surface area (Å²) in [5.41, 5.74) is 0. The molecule has 6 nitrogen and oxygen atoms in total. The molecule has 0 spiro atoms. The molecular formula is C56H86O6. The van der Waals surface area contributed by atoms with Crippen LogP contribution in [0.3, 0.4) is 0 Å². The molecule has 0 aromatic carbocycles. The molecule has 6 heteroatoms. The van der Waals surface area contributed by atoms with Gasteiger partial charge < -0.3 is 14.2 Å². The van der Waals surface area contributed by atoms with Gasteiger partial charge in [-0.05, 0) is 109 Å². The van der Waals surface area contributed by atoms with Crippen LogP contribution in [0, 0.1) is 0 Å². The Labute approximate surface area is 379 Å². The molecule has 0 heterocycles. The minimum Gasteiger partial charge on any atom is -0.462 e. The second kappa shape index (κ2) is 49.2. The maximum Gasteiger partial charge on any atom is 0.306 e.